The molecule has 19 nitrogen and oxygen atoms in total. The predicted octanol–water partition coefficient (Wildman–Crippen LogP) is 9.88. The molecule has 0 aromatic carbocycles. The van der Waals surface area contributed by atoms with Gasteiger partial charge in [-0.15, -0.1) is 0 Å². The molecule has 0 aromatic rings. The van der Waals surface area contributed by atoms with Crippen molar-refractivity contribution >= 4 is 5.91 Å². The highest BCUT2D eigenvalue weighted by molar-refractivity contribution is 5.76. The lowest BCUT2D eigenvalue weighted by atomic mass is 9.96. The Labute approximate surface area is 552 Å². The van der Waals surface area contributed by atoms with Crippen LogP contribution in [0.1, 0.15) is 239 Å². The van der Waals surface area contributed by atoms with Crippen molar-refractivity contribution in [3.05, 3.63) is 85.1 Å². The predicted molar refractivity (Wildman–Crippen MR) is 360 cm³/mol. The summed E-state index contributed by atoms with van der Waals surface area (Å²) in [6.07, 6.45) is 42.9. The monoisotopic (exact) mass is 1310 g/mol. The van der Waals surface area contributed by atoms with Gasteiger partial charge in [0.25, 0.3) is 0 Å². The largest absolute Gasteiger partial charge is 0.394 e. The highest BCUT2D eigenvalue weighted by Gasteiger charge is 2.53. The van der Waals surface area contributed by atoms with Crippen molar-refractivity contribution in [1.82, 2.24) is 5.32 Å². The quantitative estimate of drug-likeness (QED) is 0.0199. The maximum atomic E-state index is 13.4. The zero-order valence-electron chi connectivity index (χ0n) is 56.3. The molecule has 1 amide bonds. The topological polar surface area (TPSA) is 307 Å². The number of hydrogen-bond acceptors (Lipinski definition) is 18. The lowest BCUT2D eigenvalue weighted by Gasteiger charge is -2.48. The number of unbranched alkanes of at least 4 members (excludes halogenated alkanes) is 26. The molecule has 17 atom stereocenters. The van der Waals surface area contributed by atoms with Gasteiger partial charge in [0.1, 0.15) is 73.2 Å². The number of carbonyl (C=O) groups is 1. The van der Waals surface area contributed by atoms with Gasteiger partial charge in [0, 0.05) is 6.42 Å². The number of nitrogens with one attached hydrogen (secondary N) is 1. The van der Waals surface area contributed by atoms with Gasteiger partial charge in [-0.25, -0.2) is 0 Å². The number of aliphatic hydroxyl groups is 11. The third-order valence-corrected chi connectivity index (χ3v) is 17.4. The summed E-state index contributed by atoms with van der Waals surface area (Å²) in [6, 6.07) is -1.02. The van der Waals surface area contributed by atoms with Crippen molar-refractivity contribution in [2.45, 2.75) is 343 Å². The second-order valence-electron chi connectivity index (χ2n) is 25.3. The first-order chi connectivity index (χ1) is 44.8. The number of hydrogen-bond donors (Lipinski definition) is 12. The molecule has 0 aromatic heterocycles. The lowest BCUT2D eigenvalue weighted by molar-refractivity contribution is -0.379. The van der Waals surface area contributed by atoms with Crippen molar-refractivity contribution in [3.63, 3.8) is 0 Å². The first-order valence-electron chi connectivity index (χ1n) is 35.8. The average Bonchev–Trinajstić information content (AvgIpc) is 0.838. The molecule has 532 valence electrons. The third kappa shape index (κ3) is 35.3. The van der Waals surface area contributed by atoms with Crippen LogP contribution in [-0.4, -0.2) is 193 Å². The number of carbonyl (C=O) groups excluding carboxylic acids is 1. The molecular weight excluding hydrogens is 1180 g/mol. The summed E-state index contributed by atoms with van der Waals surface area (Å²) in [7, 11) is 0. The molecule has 3 saturated heterocycles. The Morgan fingerprint density at radius 2 is 0.761 bits per heavy atom. The fraction of sp³-hybridized carbons (Fsp3) is 0.795. The van der Waals surface area contributed by atoms with Gasteiger partial charge in [-0.3, -0.25) is 4.79 Å². The Morgan fingerprint density at radius 1 is 0.402 bits per heavy atom. The van der Waals surface area contributed by atoms with Gasteiger partial charge in [-0.1, -0.05) is 234 Å². The molecule has 3 aliphatic heterocycles. The SMILES string of the molecule is CC/C=C\C/C=C\C/C=C\C/C=C\CCCCCCC(=O)NC(COC1OC(CO)C(OC2OC(CO)C(OC3OC(CO)C(O)C(O)C3O)C(O)C2O)C(O)C1O)C(O)/C=C/CC/C=C/CC/C=C/CCCCCCCCCCCCCCCCCCCCCC. The Kier molecular flexibility index (Phi) is 48.9. The molecule has 3 heterocycles. The summed E-state index contributed by atoms with van der Waals surface area (Å²) >= 11 is 0. The molecule has 17 unspecified atom stereocenters. The van der Waals surface area contributed by atoms with E-state index in [2.05, 4.69) is 92.1 Å². The van der Waals surface area contributed by atoms with Gasteiger partial charge >= 0.3 is 0 Å². The van der Waals surface area contributed by atoms with Crippen LogP contribution in [0.4, 0.5) is 0 Å². The molecule has 0 radical (unpaired) electrons. The Bertz CT molecular complexity index is 2000. The van der Waals surface area contributed by atoms with E-state index in [9.17, 15) is 61.0 Å². The molecule has 3 fully saturated rings. The second kappa shape index (κ2) is 54.0. The van der Waals surface area contributed by atoms with E-state index >= 15 is 0 Å². The van der Waals surface area contributed by atoms with Gasteiger partial charge < -0.3 is 89.9 Å². The molecule has 12 N–H and O–H groups in total. The highest BCUT2D eigenvalue weighted by Crippen LogP contribution is 2.33. The molecule has 0 bridgehead atoms. The highest BCUT2D eigenvalue weighted by atomic mass is 16.8. The third-order valence-electron chi connectivity index (χ3n) is 17.4. The van der Waals surface area contributed by atoms with Crippen molar-refractivity contribution in [2.24, 2.45) is 0 Å². The minimum atomic E-state index is -1.99. The first-order valence-corrected chi connectivity index (χ1v) is 35.8. The molecule has 3 rings (SSSR count). The van der Waals surface area contributed by atoms with Crippen molar-refractivity contribution in [3.8, 4) is 0 Å². The Balaban J connectivity index is 1.43. The Hall–Kier alpha value is -3.03. The molecule has 0 aliphatic carbocycles. The smallest absolute Gasteiger partial charge is 0.220 e. The van der Waals surface area contributed by atoms with Crippen molar-refractivity contribution in [2.75, 3.05) is 26.4 Å². The Morgan fingerprint density at radius 3 is 1.22 bits per heavy atom. The van der Waals surface area contributed by atoms with Crippen LogP contribution in [0.5, 0.6) is 0 Å². The van der Waals surface area contributed by atoms with Gasteiger partial charge in [0.2, 0.25) is 5.91 Å². The molecule has 3 aliphatic rings. The van der Waals surface area contributed by atoms with E-state index < -0.39 is 124 Å². The van der Waals surface area contributed by atoms with Gasteiger partial charge in [-0.05, 0) is 83.5 Å². The minimum Gasteiger partial charge on any atom is -0.394 e. The molecule has 0 spiro atoms. The van der Waals surface area contributed by atoms with E-state index in [0.29, 0.717) is 12.8 Å². The van der Waals surface area contributed by atoms with Gasteiger partial charge in [0.15, 0.2) is 18.9 Å². The summed E-state index contributed by atoms with van der Waals surface area (Å²) in [4.78, 5) is 13.4. The van der Waals surface area contributed by atoms with Crippen LogP contribution in [-0.2, 0) is 33.2 Å². The van der Waals surface area contributed by atoms with E-state index in [-0.39, 0.29) is 18.9 Å². The number of amides is 1. The fourth-order valence-electron chi connectivity index (χ4n) is 11.6. The summed E-state index contributed by atoms with van der Waals surface area (Å²) in [5.74, 6) is -0.315. The molecule has 0 saturated carbocycles. The maximum absolute atomic E-state index is 13.4. The van der Waals surface area contributed by atoms with Gasteiger partial charge in [-0.2, -0.15) is 0 Å². The molecule has 92 heavy (non-hydrogen) atoms. The summed E-state index contributed by atoms with van der Waals surface area (Å²) in [5.41, 5.74) is 0. The van der Waals surface area contributed by atoms with Crippen LogP contribution in [0.2, 0.25) is 0 Å². The van der Waals surface area contributed by atoms with E-state index in [1.54, 1.807) is 6.08 Å². The fourth-order valence-corrected chi connectivity index (χ4v) is 11.6. The molecule has 19 heteroatoms. The number of rotatable bonds is 54. The maximum Gasteiger partial charge on any atom is 0.220 e. The van der Waals surface area contributed by atoms with Crippen LogP contribution in [0.3, 0.4) is 0 Å². The summed E-state index contributed by atoms with van der Waals surface area (Å²) < 4.78 is 34.3. The van der Waals surface area contributed by atoms with E-state index in [0.717, 1.165) is 77.0 Å². The number of ether oxygens (including phenoxy) is 6. The summed E-state index contributed by atoms with van der Waals surface area (Å²) in [6.45, 7) is 1.57. The first kappa shape index (κ1) is 83.2. The van der Waals surface area contributed by atoms with E-state index in [4.69, 9.17) is 28.4 Å². The van der Waals surface area contributed by atoms with Crippen LogP contribution < -0.4 is 5.32 Å². The second-order valence-corrected chi connectivity index (χ2v) is 25.3. The normalized spacial score (nSPS) is 28.2. The van der Waals surface area contributed by atoms with Crippen molar-refractivity contribution in [1.29, 1.82) is 0 Å². The zero-order chi connectivity index (χ0) is 66.8. The standard InChI is InChI=1S/C73H127NO18/c1-3-5-7-9-11-13-15-17-19-21-22-23-24-25-26-27-28-29-30-31-32-33-35-36-38-40-42-44-46-48-50-57(78)56(74-61(79)51-49-47-45-43-41-39-37-34-20-18-16-14-12-10-8-6-4-2)55-87-71-67(85)64(82)69(59(53-76)89-71)92-73-68(86)65(83)70(60(54-77)90-73)91-72-66(84)63(81)62(80)58(52-75)88-72/h6,8,12,14,18,20,33,35,37,39-40,42,48,50,56-60,62-73,75-78,80-86H,3-5,7,9-11,13,15-17,19,21-32,34,36,38,41,43-47,49,51-55H2,1-2H3,(H,74,79)/b8-6-,14-12-,20-18-,35-33+,39-37-,42-40+,50-48+. The van der Waals surface area contributed by atoms with E-state index in [1.807, 2.05) is 6.08 Å². The van der Waals surface area contributed by atoms with Crippen LogP contribution in [0, 0.1) is 0 Å². The van der Waals surface area contributed by atoms with Crippen LogP contribution in [0.15, 0.2) is 85.1 Å². The lowest BCUT2D eigenvalue weighted by Crippen LogP contribution is -2.66. The number of aliphatic hydroxyl groups excluding tert-OH is 11. The number of allylic oxidation sites excluding steroid dienone is 13. The van der Waals surface area contributed by atoms with Gasteiger partial charge in [0.05, 0.1) is 38.6 Å². The van der Waals surface area contributed by atoms with Crippen LogP contribution in [0.25, 0.3) is 0 Å². The average molecular weight is 1310 g/mol. The zero-order valence-corrected chi connectivity index (χ0v) is 56.3. The summed E-state index contributed by atoms with van der Waals surface area (Å²) in [5, 5.41) is 120. The van der Waals surface area contributed by atoms with Crippen LogP contribution >= 0.6 is 0 Å². The molecular formula is C73H127NO18. The van der Waals surface area contributed by atoms with Crippen molar-refractivity contribution < 1.29 is 89.4 Å². The van der Waals surface area contributed by atoms with E-state index in [1.165, 1.54) is 128 Å². The minimum absolute atomic E-state index is 0.199.